The van der Waals surface area contributed by atoms with Gasteiger partial charge in [-0.05, 0) is 43.4 Å². The Morgan fingerprint density at radius 1 is 0.312 bits per heavy atom. The lowest BCUT2D eigenvalue weighted by atomic mass is 9.99. The van der Waals surface area contributed by atoms with Gasteiger partial charge in [-0.25, -0.2) is 9.13 Å². The highest BCUT2D eigenvalue weighted by Crippen LogP contribution is 2.45. The summed E-state index contributed by atoms with van der Waals surface area (Å²) in [6.45, 7) is 11.9. The van der Waals surface area contributed by atoms with Gasteiger partial charge in [-0.2, -0.15) is 0 Å². The molecule has 0 aliphatic carbocycles. The Bertz CT molecular complexity index is 1820. The standard InChI is InChI=1S/C74H144O17P2/c1-8-10-11-12-13-24-34-41-48-55-71(76)84-61-70(91-74(79)58-51-44-37-30-29-32-39-46-53-66(5)6)64-89-93(82,83)87-60-68(75)59-86-92(80,81)88-63-69(62-85-72(77)56-49-42-35-27-23-22-26-33-40-47-54-67(7)9-2)90-73(78)57-50-43-36-28-21-19-17-15-14-16-18-20-25-31-38-45-52-65(3)4/h65-70,75H,8-64H2,1-7H3,(H,80,81)(H,82,83)/t67?,68-,69-,70-/m1/s1. The maximum Gasteiger partial charge on any atom is 0.472 e. The van der Waals surface area contributed by atoms with E-state index in [1.54, 1.807) is 0 Å². The zero-order chi connectivity index (χ0) is 68.7. The summed E-state index contributed by atoms with van der Waals surface area (Å²) in [6.07, 6.45) is 49.9. The van der Waals surface area contributed by atoms with Gasteiger partial charge in [-0.3, -0.25) is 37.3 Å². The zero-order valence-electron chi connectivity index (χ0n) is 60.7. The van der Waals surface area contributed by atoms with E-state index in [0.717, 1.165) is 108 Å². The first kappa shape index (κ1) is 91.1. The molecule has 552 valence electrons. The summed E-state index contributed by atoms with van der Waals surface area (Å²) in [4.78, 5) is 72.7. The number of phosphoric acid groups is 2. The fourth-order valence-electron chi connectivity index (χ4n) is 11.2. The molecule has 0 amide bonds. The molecule has 3 N–H and O–H groups in total. The molecule has 0 aliphatic heterocycles. The Morgan fingerprint density at radius 2 is 0.548 bits per heavy atom. The second-order valence-electron chi connectivity index (χ2n) is 27.9. The Hall–Kier alpha value is -1.94. The van der Waals surface area contributed by atoms with Crippen molar-refractivity contribution in [3.63, 3.8) is 0 Å². The molecule has 0 bridgehead atoms. The van der Waals surface area contributed by atoms with Crippen molar-refractivity contribution in [3.05, 3.63) is 0 Å². The lowest BCUT2D eigenvalue weighted by Gasteiger charge is -2.21. The first-order valence-corrected chi connectivity index (χ1v) is 41.4. The quantitative estimate of drug-likeness (QED) is 0.0222. The average Bonchev–Trinajstić information content (AvgIpc) is 3.06. The number of ether oxygens (including phenoxy) is 4. The molecule has 0 rings (SSSR count). The predicted molar refractivity (Wildman–Crippen MR) is 377 cm³/mol. The smallest absolute Gasteiger partial charge is 0.462 e. The number of hydrogen-bond acceptors (Lipinski definition) is 15. The van der Waals surface area contributed by atoms with Crippen molar-refractivity contribution in [1.29, 1.82) is 0 Å². The van der Waals surface area contributed by atoms with Crippen LogP contribution in [0.2, 0.25) is 0 Å². The van der Waals surface area contributed by atoms with Gasteiger partial charge >= 0.3 is 39.5 Å². The van der Waals surface area contributed by atoms with Crippen LogP contribution in [0.3, 0.4) is 0 Å². The van der Waals surface area contributed by atoms with Crippen molar-refractivity contribution in [3.8, 4) is 0 Å². The number of esters is 4. The molecule has 0 aliphatic rings. The second kappa shape index (κ2) is 64.7. The molecule has 17 nitrogen and oxygen atoms in total. The van der Waals surface area contributed by atoms with Crippen molar-refractivity contribution >= 4 is 39.5 Å². The summed E-state index contributed by atoms with van der Waals surface area (Å²) in [5, 5.41) is 10.6. The third-order valence-corrected chi connectivity index (χ3v) is 19.4. The van der Waals surface area contributed by atoms with E-state index in [-0.39, 0.29) is 25.7 Å². The van der Waals surface area contributed by atoms with Crippen LogP contribution in [0.15, 0.2) is 0 Å². The van der Waals surface area contributed by atoms with E-state index in [9.17, 15) is 43.2 Å². The van der Waals surface area contributed by atoms with Gasteiger partial charge in [0.2, 0.25) is 0 Å². The maximum absolute atomic E-state index is 13.1. The predicted octanol–water partition coefficient (Wildman–Crippen LogP) is 21.4. The largest absolute Gasteiger partial charge is 0.472 e. The summed E-state index contributed by atoms with van der Waals surface area (Å²) >= 11 is 0. The van der Waals surface area contributed by atoms with Crippen LogP contribution in [-0.4, -0.2) is 96.7 Å². The number of carbonyl (C=O) groups is 4. The van der Waals surface area contributed by atoms with E-state index in [1.165, 1.54) is 186 Å². The highest BCUT2D eigenvalue weighted by Gasteiger charge is 2.30. The number of unbranched alkanes of at least 4 members (excludes halogenated alkanes) is 39. The molecule has 19 heteroatoms. The summed E-state index contributed by atoms with van der Waals surface area (Å²) in [7, 11) is -9.91. The van der Waals surface area contributed by atoms with Gasteiger partial charge in [-0.15, -0.1) is 0 Å². The van der Waals surface area contributed by atoms with Crippen molar-refractivity contribution in [1.82, 2.24) is 0 Å². The molecule has 6 atom stereocenters. The first-order chi connectivity index (χ1) is 44.8. The van der Waals surface area contributed by atoms with Gasteiger partial charge in [0.05, 0.1) is 26.4 Å². The molecule has 0 heterocycles. The Kier molecular flexibility index (Phi) is 63.4. The topological polar surface area (TPSA) is 237 Å². The van der Waals surface area contributed by atoms with Gasteiger partial charge in [0.25, 0.3) is 0 Å². The van der Waals surface area contributed by atoms with Crippen LogP contribution in [0, 0.1) is 17.8 Å². The maximum atomic E-state index is 13.1. The number of aliphatic hydroxyl groups excluding tert-OH is 1. The molecule has 0 radical (unpaired) electrons. The number of hydrogen-bond donors (Lipinski definition) is 3. The van der Waals surface area contributed by atoms with Gasteiger partial charge < -0.3 is 33.8 Å². The first-order valence-electron chi connectivity index (χ1n) is 38.4. The normalized spacial score (nSPS) is 14.4. The van der Waals surface area contributed by atoms with Crippen molar-refractivity contribution in [2.75, 3.05) is 39.6 Å². The van der Waals surface area contributed by atoms with Crippen molar-refractivity contribution in [2.45, 2.75) is 394 Å². The molecule has 0 aromatic carbocycles. The van der Waals surface area contributed by atoms with E-state index in [1.807, 2.05) is 0 Å². The van der Waals surface area contributed by atoms with Crippen LogP contribution in [0.4, 0.5) is 0 Å². The third kappa shape index (κ3) is 67.0. The minimum absolute atomic E-state index is 0.104. The monoisotopic (exact) mass is 1370 g/mol. The molecule has 0 aromatic heterocycles. The lowest BCUT2D eigenvalue weighted by molar-refractivity contribution is -0.161. The number of phosphoric ester groups is 2. The minimum atomic E-state index is -4.96. The zero-order valence-corrected chi connectivity index (χ0v) is 62.5. The van der Waals surface area contributed by atoms with Crippen molar-refractivity contribution < 1.29 is 80.2 Å². The Morgan fingerprint density at radius 3 is 0.817 bits per heavy atom. The molecular weight excluding hydrogens is 1220 g/mol. The van der Waals surface area contributed by atoms with E-state index < -0.39 is 97.5 Å². The van der Waals surface area contributed by atoms with E-state index in [0.29, 0.717) is 25.7 Å². The SMILES string of the molecule is CCCCCCCCCCCC(=O)OC[C@H](COP(=O)(O)OC[C@H](O)COP(=O)(O)OC[C@@H](COC(=O)CCCCCCCCCCCCC(C)CC)OC(=O)CCCCCCCCCCCCCCCCCCC(C)C)OC(=O)CCCCCCCCCCC(C)C. The van der Waals surface area contributed by atoms with Crippen LogP contribution in [0.1, 0.15) is 376 Å². The molecular formula is C74H144O17P2. The van der Waals surface area contributed by atoms with Crippen molar-refractivity contribution in [2.24, 2.45) is 17.8 Å². The fraction of sp³-hybridized carbons (Fsp3) is 0.946. The highest BCUT2D eigenvalue weighted by atomic mass is 31.2. The minimum Gasteiger partial charge on any atom is -0.462 e. The molecule has 0 saturated carbocycles. The summed E-state index contributed by atoms with van der Waals surface area (Å²) in [6, 6.07) is 0. The van der Waals surface area contributed by atoms with Gasteiger partial charge in [0.1, 0.15) is 19.3 Å². The number of aliphatic hydroxyl groups is 1. The number of rotatable bonds is 72. The van der Waals surface area contributed by atoms with Gasteiger partial charge in [-0.1, -0.05) is 325 Å². The van der Waals surface area contributed by atoms with Gasteiger partial charge in [0.15, 0.2) is 12.2 Å². The summed E-state index contributed by atoms with van der Waals surface area (Å²) in [5.74, 6) is 0.214. The summed E-state index contributed by atoms with van der Waals surface area (Å²) in [5.41, 5.74) is 0. The molecule has 93 heavy (non-hydrogen) atoms. The lowest BCUT2D eigenvalue weighted by Crippen LogP contribution is -2.30. The Balaban J connectivity index is 5.22. The van der Waals surface area contributed by atoms with E-state index in [4.69, 9.17) is 37.0 Å². The average molecular weight is 1370 g/mol. The molecule has 3 unspecified atom stereocenters. The van der Waals surface area contributed by atoms with Crippen LogP contribution < -0.4 is 0 Å². The van der Waals surface area contributed by atoms with Crippen LogP contribution >= 0.6 is 15.6 Å². The van der Waals surface area contributed by atoms with Crippen LogP contribution in [0.25, 0.3) is 0 Å². The van der Waals surface area contributed by atoms with Crippen LogP contribution in [-0.2, 0) is 65.4 Å². The summed E-state index contributed by atoms with van der Waals surface area (Å²) < 4.78 is 68.4. The third-order valence-electron chi connectivity index (χ3n) is 17.5. The molecule has 0 saturated heterocycles. The van der Waals surface area contributed by atoms with E-state index >= 15 is 0 Å². The highest BCUT2D eigenvalue weighted by molar-refractivity contribution is 7.47. The second-order valence-corrected chi connectivity index (χ2v) is 30.8. The molecule has 0 fully saturated rings. The van der Waals surface area contributed by atoms with E-state index in [2.05, 4.69) is 48.5 Å². The molecule has 0 aromatic rings. The van der Waals surface area contributed by atoms with Gasteiger partial charge in [0, 0.05) is 25.7 Å². The number of carbonyl (C=O) groups excluding carboxylic acids is 4. The van der Waals surface area contributed by atoms with Crippen LogP contribution in [0.5, 0.6) is 0 Å². The Labute approximate surface area is 568 Å². The fourth-order valence-corrected chi connectivity index (χ4v) is 12.8. The molecule has 0 spiro atoms.